The first kappa shape index (κ1) is 18.0. The lowest BCUT2D eigenvalue weighted by atomic mass is 9.86. The zero-order valence-corrected chi connectivity index (χ0v) is 16.8. The summed E-state index contributed by atoms with van der Waals surface area (Å²) < 4.78 is 0. The Bertz CT molecular complexity index is 1090. The first-order valence-electron chi connectivity index (χ1n) is 10.3. The summed E-state index contributed by atoms with van der Waals surface area (Å²) in [5.74, 6) is 0.416. The van der Waals surface area contributed by atoms with Gasteiger partial charge in [-0.1, -0.05) is 62.4 Å². The van der Waals surface area contributed by atoms with Gasteiger partial charge in [0, 0.05) is 29.6 Å². The van der Waals surface area contributed by atoms with Crippen molar-refractivity contribution in [1.82, 2.24) is 14.8 Å². The Hall–Kier alpha value is -3.08. The van der Waals surface area contributed by atoms with E-state index in [-0.39, 0.29) is 24.4 Å². The minimum Gasteiger partial charge on any atom is -0.356 e. The van der Waals surface area contributed by atoms with Gasteiger partial charge in [-0.05, 0) is 23.1 Å². The normalized spacial score (nSPS) is 21.6. The van der Waals surface area contributed by atoms with Crippen LogP contribution in [0.25, 0.3) is 10.9 Å². The molecule has 0 bridgehead atoms. The summed E-state index contributed by atoms with van der Waals surface area (Å²) in [4.78, 5) is 33.8. The zero-order chi connectivity index (χ0) is 20.1. The number of benzene rings is 2. The third-order valence-corrected chi connectivity index (χ3v) is 6.04. The van der Waals surface area contributed by atoms with Crippen LogP contribution in [-0.2, 0) is 16.0 Å². The molecule has 3 heterocycles. The van der Waals surface area contributed by atoms with Crippen molar-refractivity contribution < 1.29 is 9.59 Å². The van der Waals surface area contributed by atoms with Gasteiger partial charge in [0.15, 0.2) is 0 Å². The fourth-order valence-electron chi connectivity index (χ4n) is 4.90. The van der Waals surface area contributed by atoms with Gasteiger partial charge in [0.05, 0.1) is 12.6 Å². The van der Waals surface area contributed by atoms with Gasteiger partial charge in [0.25, 0.3) is 0 Å². The number of aromatic nitrogens is 1. The van der Waals surface area contributed by atoms with E-state index in [0.717, 1.165) is 27.7 Å². The molecule has 2 atom stereocenters. The highest BCUT2D eigenvalue weighted by Gasteiger charge is 2.48. The molecule has 5 rings (SSSR count). The summed E-state index contributed by atoms with van der Waals surface area (Å²) in [6.07, 6.45) is 0.557. The Labute approximate surface area is 170 Å². The van der Waals surface area contributed by atoms with Crippen molar-refractivity contribution in [3.8, 4) is 0 Å². The maximum absolute atomic E-state index is 13.4. The monoisotopic (exact) mass is 387 g/mol. The molecule has 2 amide bonds. The summed E-state index contributed by atoms with van der Waals surface area (Å²) in [5.41, 5.74) is 4.27. The number of aromatic amines is 1. The third kappa shape index (κ3) is 2.84. The highest BCUT2D eigenvalue weighted by atomic mass is 16.2. The summed E-state index contributed by atoms with van der Waals surface area (Å²) in [6.45, 7) is 4.93. The summed E-state index contributed by atoms with van der Waals surface area (Å²) >= 11 is 0. The van der Waals surface area contributed by atoms with Gasteiger partial charge in [0.2, 0.25) is 11.8 Å². The number of nitrogens with one attached hydrogen (secondary N) is 1. The number of hydrogen-bond donors (Lipinski definition) is 1. The molecule has 0 unspecified atom stereocenters. The van der Waals surface area contributed by atoms with E-state index < -0.39 is 6.04 Å². The molecule has 2 aromatic carbocycles. The molecule has 3 aromatic rings. The SMILES string of the molecule is CC(C)CN1CC(=O)N2[C@H](c3ccccc3)c3[nH]c4ccccc4c3C[C@H]2C1=O. The van der Waals surface area contributed by atoms with E-state index in [4.69, 9.17) is 0 Å². The predicted molar refractivity (Wildman–Crippen MR) is 112 cm³/mol. The molecule has 2 aliphatic heterocycles. The molecule has 1 saturated heterocycles. The second-order valence-corrected chi connectivity index (χ2v) is 8.51. The maximum Gasteiger partial charge on any atom is 0.246 e. The molecule has 1 fully saturated rings. The van der Waals surface area contributed by atoms with Gasteiger partial charge in [-0.25, -0.2) is 0 Å². The van der Waals surface area contributed by atoms with Crippen molar-refractivity contribution in [2.45, 2.75) is 32.4 Å². The molecule has 29 heavy (non-hydrogen) atoms. The standard InChI is InChI=1S/C24H25N3O2/c1-15(2)13-26-14-21(28)27-20(24(26)29)12-18-17-10-6-7-11-19(17)25-22(18)23(27)16-8-4-3-5-9-16/h3-11,15,20,23,25H,12-14H2,1-2H3/t20-,23+/m0/s1. The minimum absolute atomic E-state index is 0.0217. The molecule has 0 saturated carbocycles. The Morgan fingerprint density at radius 1 is 1.03 bits per heavy atom. The zero-order valence-electron chi connectivity index (χ0n) is 16.8. The van der Waals surface area contributed by atoms with Gasteiger partial charge < -0.3 is 14.8 Å². The van der Waals surface area contributed by atoms with E-state index in [2.05, 4.69) is 31.0 Å². The number of para-hydroxylation sites is 1. The second-order valence-electron chi connectivity index (χ2n) is 8.51. The van der Waals surface area contributed by atoms with Crippen LogP contribution in [0.5, 0.6) is 0 Å². The number of fused-ring (bicyclic) bond motifs is 4. The van der Waals surface area contributed by atoms with Crippen LogP contribution in [0, 0.1) is 5.92 Å². The van der Waals surface area contributed by atoms with Crippen LogP contribution in [0.3, 0.4) is 0 Å². The molecule has 2 aliphatic rings. The van der Waals surface area contributed by atoms with Gasteiger partial charge in [-0.15, -0.1) is 0 Å². The van der Waals surface area contributed by atoms with E-state index in [1.54, 1.807) is 4.90 Å². The number of piperazine rings is 1. The first-order valence-corrected chi connectivity index (χ1v) is 10.3. The number of hydrogen-bond acceptors (Lipinski definition) is 2. The molecule has 1 aromatic heterocycles. The molecule has 1 N–H and O–H groups in total. The van der Waals surface area contributed by atoms with Crippen LogP contribution in [0.2, 0.25) is 0 Å². The average Bonchev–Trinajstić information content (AvgIpc) is 3.09. The van der Waals surface area contributed by atoms with Crippen LogP contribution in [0.15, 0.2) is 54.6 Å². The lowest BCUT2D eigenvalue weighted by Gasteiger charge is -2.47. The number of H-pyrrole nitrogens is 1. The van der Waals surface area contributed by atoms with Crippen LogP contribution in [-0.4, -0.2) is 45.7 Å². The van der Waals surface area contributed by atoms with Crippen molar-refractivity contribution >= 4 is 22.7 Å². The highest BCUT2D eigenvalue weighted by Crippen LogP contribution is 2.42. The molecular weight excluding hydrogens is 362 g/mol. The predicted octanol–water partition coefficient (Wildman–Crippen LogP) is 3.51. The van der Waals surface area contributed by atoms with Gasteiger partial charge in [0.1, 0.15) is 6.04 Å². The van der Waals surface area contributed by atoms with Crippen LogP contribution >= 0.6 is 0 Å². The molecule has 0 radical (unpaired) electrons. The van der Waals surface area contributed by atoms with Crippen molar-refractivity contribution in [2.75, 3.05) is 13.1 Å². The van der Waals surface area contributed by atoms with Crippen LogP contribution < -0.4 is 0 Å². The maximum atomic E-state index is 13.4. The molecule has 5 heteroatoms. The van der Waals surface area contributed by atoms with Crippen molar-refractivity contribution in [3.63, 3.8) is 0 Å². The lowest BCUT2D eigenvalue weighted by molar-refractivity contribution is -0.159. The number of carbonyl (C=O) groups is 2. The van der Waals surface area contributed by atoms with Gasteiger partial charge in [-0.2, -0.15) is 0 Å². The van der Waals surface area contributed by atoms with E-state index in [1.165, 1.54) is 0 Å². The van der Waals surface area contributed by atoms with Crippen molar-refractivity contribution in [2.24, 2.45) is 5.92 Å². The Morgan fingerprint density at radius 3 is 2.52 bits per heavy atom. The van der Waals surface area contributed by atoms with E-state index >= 15 is 0 Å². The van der Waals surface area contributed by atoms with Gasteiger partial charge in [-0.3, -0.25) is 9.59 Å². The van der Waals surface area contributed by atoms with Crippen LogP contribution in [0.1, 0.15) is 36.7 Å². The Kier molecular flexibility index (Phi) is 4.19. The average molecular weight is 387 g/mol. The minimum atomic E-state index is -0.452. The van der Waals surface area contributed by atoms with Crippen molar-refractivity contribution in [1.29, 1.82) is 0 Å². The second kappa shape index (κ2) is 6.76. The lowest BCUT2D eigenvalue weighted by Crippen LogP contribution is -2.63. The highest BCUT2D eigenvalue weighted by molar-refractivity contribution is 5.97. The summed E-state index contributed by atoms with van der Waals surface area (Å²) in [6, 6.07) is 17.5. The quantitative estimate of drug-likeness (QED) is 0.748. The van der Waals surface area contributed by atoms with E-state index in [1.807, 2.05) is 47.4 Å². The molecule has 0 spiro atoms. The number of rotatable bonds is 3. The molecule has 0 aliphatic carbocycles. The van der Waals surface area contributed by atoms with E-state index in [0.29, 0.717) is 18.9 Å². The fraction of sp³-hybridized carbons (Fsp3) is 0.333. The van der Waals surface area contributed by atoms with Crippen LogP contribution in [0.4, 0.5) is 0 Å². The summed E-state index contributed by atoms with van der Waals surface area (Å²) in [5, 5.41) is 1.14. The third-order valence-electron chi connectivity index (χ3n) is 6.04. The topological polar surface area (TPSA) is 56.4 Å². The molecular formula is C24H25N3O2. The Morgan fingerprint density at radius 2 is 1.76 bits per heavy atom. The molecule has 5 nitrogen and oxygen atoms in total. The number of carbonyl (C=O) groups excluding carboxylic acids is 2. The van der Waals surface area contributed by atoms with Gasteiger partial charge >= 0.3 is 0 Å². The number of amides is 2. The molecule has 148 valence electrons. The first-order chi connectivity index (χ1) is 14.0. The smallest absolute Gasteiger partial charge is 0.246 e. The Balaban J connectivity index is 1.68. The largest absolute Gasteiger partial charge is 0.356 e. The number of nitrogens with zero attached hydrogens (tertiary/aromatic N) is 2. The van der Waals surface area contributed by atoms with E-state index in [9.17, 15) is 9.59 Å². The fourth-order valence-corrected chi connectivity index (χ4v) is 4.90. The van der Waals surface area contributed by atoms with Crippen molar-refractivity contribution in [3.05, 3.63) is 71.4 Å². The summed E-state index contributed by atoms with van der Waals surface area (Å²) in [7, 11) is 0.